The Morgan fingerprint density at radius 1 is 1.37 bits per heavy atom. The molecule has 2 unspecified atom stereocenters. The summed E-state index contributed by atoms with van der Waals surface area (Å²) >= 11 is 5.88. The lowest BCUT2D eigenvalue weighted by Crippen LogP contribution is -2.35. The molecule has 0 radical (unpaired) electrons. The van der Waals surface area contributed by atoms with E-state index >= 15 is 0 Å². The summed E-state index contributed by atoms with van der Waals surface area (Å²) in [5.41, 5.74) is 11.5. The molecule has 1 aliphatic carbocycles. The average Bonchev–Trinajstić information content (AvgIpc) is 2.41. The summed E-state index contributed by atoms with van der Waals surface area (Å²) in [5, 5.41) is 0.472. The molecule has 0 aliphatic heterocycles. The van der Waals surface area contributed by atoms with Crippen molar-refractivity contribution in [3.05, 3.63) is 28.8 Å². The molecule has 2 rings (SSSR count). The molecule has 1 fully saturated rings. The zero-order valence-electron chi connectivity index (χ0n) is 10.8. The third-order valence-electron chi connectivity index (χ3n) is 3.63. The van der Waals surface area contributed by atoms with Crippen LogP contribution in [0, 0.1) is 5.92 Å². The second-order valence-corrected chi connectivity index (χ2v) is 5.38. The molecule has 19 heavy (non-hydrogen) atoms. The van der Waals surface area contributed by atoms with Crippen molar-refractivity contribution in [1.82, 2.24) is 0 Å². The summed E-state index contributed by atoms with van der Waals surface area (Å²) in [7, 11) is 0. The SMILES string of the molecule is NCC1CCCCC1Oc1ccc(Cl)cc1C(N)=O. The highest BCUT2D eigenvalue weighted by Crippen LogP contribution is 2.30. The van der Waals surface area contributed by atoms with Gasteiger partial charge in [-0.25, -0.2) is 0 Å². The van der Waals surface area contributed by atoms with Crippen LogP contribution in [-0.4, -0.2) is 18.6 Å². The van der Waals surface area contributed by atoms with E-state index in [9.17, 15) is 4.79 Å². The van der Waals surface area contributed by atoms with Gasteiger partial charge in [-0.3, -0.25) is 4.79 Å². The largest absolute Gasteiger partial charge is 0.489 e. The Kier molecular flexibility index (Phi) is 4.66. The van der Waals surface area contributed by atoms with Gasteiger partial charge in [0.15, 0.2) is 0 Å². The first-order chi connectivity index (χ1) is 9.11. The number of rotatable bonds is 4. The topological polar surface area (TPSA) is 78.3 Å². The molecule has 0 heterocycles. The van der Waals surface area contributed by atoms with Crippen molar-refractivity contribution < 1.29 is 9.53 Å². The molecule has 0 saturated heterocycles. The van der Waals surface area contributed by atoms with Crippen LogP contribution >= 0.6 is 11.6 Å². The van der Waals surface area contributed by atoms with Gasteiger partial charge in [-0.2, -0.15) is 0 Å². The monoisotopic (exact) mass is 282 g/mol. The van der Waals surface area contributed by atoms with Crippen LogP contribution in [0.25, 0.3) is 0 Å². The van der Waals surface area contributed by atoms with Crippen LogP contribution < -0.4 is 16.2 Å². The molecule has 1 saturated carbocycles. The van der Waals surface area contributed by atoms with Crippen molar-refractivity contribution in [2.75, 3.05) is 6.54 Å². The second kappa shape index (κ2) is 6.26. The highest BCUT2D eigenvalue weighted by Gasteiger charge is 2.26. The van der Waals surface area contributed by atoms with Gasteiger partial charge in [0.25, 0.3) is 5.91 Å². The summed E-state index contributed by atoms with van der Waals surface area (Å²) in [6.07, 6.45) is 4.40. The molecule has 1 aromatic rings. The van der Waals surface area contributed by atoms with Gasteiger partial charge >= 0.3 is 0 Å². The molecule has 0 spiro atoms. The molecule has 0 bridgehead atoms. The van der Waals surface area contributed by atoms with Gasteiger partial charge in [0.05, 0.1) is 5.56 Å². The standard InChI is InChI=1S/C14H19ClN2O2/c15-10-5-6-13(11(7-10)14(17)18)19-12-4-2-1-3-9(12)8-16/h5-7,9,12H,1-4,8,16H2,(H2,17,18). The van der Waals surface area contributed by atoms with E-state index in [4.69, 9.17) is 27.8 Å². The summed E-state index contributed by atoms with van der Waals surface area (Å²) in [6, 6.07) is 4.94. The number of carbonyl (C=O) groups is 1. The normalized spacial score (nSPS) is 23.1. The van der Waals surface area contributed by atoms with Crippen molar-refractivity contribution in [2.24, 2.45) is 17.4 Å². The zero-order valence-corrected chi connectivity index (χ0v) is 11.5. The van der Waals surface area contributed by atoms with Crippen molar-refractivity contribution in [1.29, 1.82) is 0 Å². The predicted molar refractivity (Wildman–Crippen MR) is 75.4 cm³/mol. The van der Waals surface area contributed by atoms with Gasteiger partial charge in [-0.05, 0) is 44.0 Å². The fourth-order valence-electron chi connectivity index (χ4n) is 2.56. The van der Waals surface area contributed by atoms with Crippen LogP contribution in [0.2, 0.25) is 5.02 Å². The summed E-state index contributed by atoms with van der Waals surface area (Å²) < 4.78 is 5.97. The molecule has 1 amide bonds. The van der Waals surface area contributed by atoms with Gasteiger partial charge < -0.3 is 16.2 Å². The van der Waals surface area contributed by atoms with Crippen molar-refractivity contribution in [2.45, 2.75) is 31.8 Å². The fraction of sp³-hybridized carbons (Fsp3) is 0.500. The summed E-state index contributed by atoms with van der Waals surface area (Å²) in [5.74, 6) is 0.310. The molecule has 0 aromatic heterocycles. The quantitative estimate of drug-likeness (QED) is 0.890. The lowest BCUT2D eigenvalue weighted by Gasteiger charge is -2.31. The van der Waals surface area contributed by atoms with E-state index < -0.39 is 5.91 Å². The number of hydrogen-bond donors (Lipinski definition) is 2. The van der Waals surface area contributed by atoms with Crippen molar-refractivity contribution in [3.8, 4) is 5.75 Å². The minimum Gasteiger partial charge on any atom is -0.489 e. The highest BCUT2D eigenvalue weighted by atomic mass is 35.5. The van der Waals surface area contributed by atoms with Crippen LogP contribution in [0.1, 0.15) is 36.0 Å². The van der Waals surface area contributed by atoms with E-state index in [-0.39, 0.29) is 6.10 Å². The maximum absolute atomic E-state index is 11.4. The van der Waals surface area contributed by atoms with E-state index in [0.29, 0.717) is 28.8 Å². The smallest absolute Gasteiger partial charge is 0.252 e. The zero-order chi connectivity index (χ0) is 13.8. The number of carbonyl (C=O) groups excluding carboxylic acids is 1. The molecule has 4 N–H and O–H groups in total. The van der Waals surface area contributed by atoms with E-state index in [0.717, 1.165) is 19.3 Å². The van der Waals surface area contributed by atoms with Crippen LogP contribution in [-0.2, 0) is 0 Å². The average molecular weight is 283 g/mol. The molecule has 1 aromatic carbocycles. The molecule has 5 heteroatoms. The number of halogens is 1. The Hall–Kier alpha value is -1.26. The molecular formula is C14H19ClN2O2. The fourth-order valence-corrected chi connectivity index (χ4v) is 2.73. The van der Waals surface area contributed by atoms with E-state index in [1.54, 1.807) is 18.2 Å². The summed E-state index contributed by atoms with van der Waals surface area (Å²) in [6.45, 7) is 0.601. The van der Waals surface area contributed by atoms with Crippen LogP contribution in [0.5, 0.6) is 5.75 Å². The maximum Gasteiger partial charge on any atom is 0.252 e. The van der Waals surface area contributed by atoms with Crippen molar-refractivity contribution >= 4 is 17.5 Å². The lowest BCUT2D eigenvalue weighted by atomic mass is 9.86. The minimum absolute atomic E-state index is 0.0537. The number of primary amides is 1. The van der Waals surface area contributed by atoms with Gasteiger partial charge in [0.1, 0.15) is 11.9 Å². The second-order valence-electron chi connectivity index (χ2n) is 4.94. The maximum atomic E-state index is 11.4. The minimum atomic E-state index is -0.530. The predicted octanol–water partition coefficient (Wildman–Crippen LogP) is 2.34. The molecule has 1 aliphatic rings. The van der Waals surface area contributed by atoms with E-state index in [1.807, 2.05) is 0 Å². The third-order valence-corrected chi connectivity index (χ3v) is 3.86. The number of nitrogens with two attached hydrogens (primary N) is 2. The number of ether oxygens (including phenoxy) is 1. The molecule has 104 valence electrons. The van der Waals surface area contributed by atoms with E-state index in [2.05, 4.69) is 0 Å². The third kappa shape index (κ3) is 3.39. The van der Waals surface area contributed by atoms with E-state index in [1.165, 1.54) is 6.42 Å². The van der Waals surface area contributed by atoms with Crippen LogP contribution in [0.15, 0.2) is 18.2 Å². The Labute approximate surface area is 118 Å². The Morgan fingerprint density at radius 3 is 2.79 bits per heavy atom. The highest BCUT2D eigenvalue weighted by molar-refractivity contribution is 6.31. The van der Waals surface area contributed by atoms with Gasteiger partial charge in [0.2, 0.25) is 0 Å². The lowest BCUT2D eigenvalue weighted by molar-refractivity contribution is 0.0907. The Balaban J connectivity index is 2.20. The Morgan fingerprint density at radius 2 is 2.11 bits per heavy atom. The number of benzene rings is 1. The van der Waals surface area contributed by atoms with Crippen molar-refractivity contribution in [3.63, 3.8) is 0 Å². The first-order valence-corrected chi connectivity index (χ1v) is 6.95. The van der Waals surface area contributed by atoms with Gasteiger partial charge in [-0.15, -0.1) is 0 Å². The number of amides is 1. The van der Waals surface area contributed by atoms with Gasteiger partial charge in [-0.1, -0.05) is 18.0 Å². The summed E-state index contributed by atoms with van der Waals surface area (Å²) in [4.78, 5) is 11.4. The van der Waals surface area contributed by atoms with Crippen LogP contribution in [0.3, 0.4) is 0 Å². The first-order valence-electron chi connectivity index (χ1n) is 6.58. The number of hydrogen-bond acceptors (Lipinski definition) is 3. The van der Waals surface area contributed by atoms with Crippen LogP contribution in [0.4, 0.5) is 0 Å². The Bertz CT molecular complexity index is 465. The van der Waals surface area contributed by atoms with Gasteiger partial charge in [0, 0.05) is 10.9 Å². The first kappa shape index (κ1) is 14.2. The molecule has 2 atom stereocenters. The molecular weight excluding hydrogens is 264 g/mol. The molecule has 4 nitrogen and oxygen atoms in total.